The quantitative estimate of drug-likeness (QED) is 0.753. The number of hydrogen-bond donors (Lipinski definition) is 1. The smallest absolute Gasteiger partial charge is 0.230 e. The molecule has 0 bridgehead atoms. The van der Waals surface area contributed by atoms with Gasteiger partial charge in [0.05, 0.1) is 16.8 Å². The summed E-state index contributed by atoms with van der Waals surface area (Å²) in [5.41, 5.74) is 4.25. The number of aryl methyl sites for hydroxylation is 1. The van der Waals surface area contributed by atoms with Gasteiger partial charge in [-0.3, -0.25) is 9.36 Å². The highest BCUT2D eigenvalue weighted by molar-refractivity contribution is 7.99. The van der Waals surface area contributed by atoms with Crippen molar-refractivity contribution in [3.8, 4) is 5.69 Å². The van der Waals surface area contributed by atoms with Gasteiger partial charge in [0.1, 0.15) is 0 Å². The normalized spacial score (nSPS) is 10.8. The number of para-hydroxylation sites is 2. The van der Waals surface area contributed by atoms with Gasteiger partial charge in [-0.15, -0.1) is 0 Å². The number of thioether (sulfide) groups is 1. The van der Waals surface area contributed by atoms with Crippen molar-refractivity contribution in [1.29, 1.82) is 0 Å². The summed E-state index contributed by atoms with van der Waals surface area (Å²) in [6.45, 7) is 2.07. The van der Waals surface area contributed by atoms with Gasteiger partial charge in [0.25, 0.3) is 0 Å². The molecule has 1 N–H and O–H groups in total. The number of benzene rings is 2. The van der Waals surface area contributed by atoms with Crippen molar-refractivity contribution in [2.45, 2.75) is 12.1 Å². The molecule has 3 rings (SSSR count). The molecule has 0 saturated heterocycles. The summed E-state index contributed by atoms with van der Waals surface area (Å²) < 4.78 is 2.10. The highest BCUT2D eigenvalue weighted by atomic mass is 32.2. The van der Waals surface area contributed by atoms with Gasteiger partial charge < -0.3 is 5.32 Å². The van der Waals surface area contributed by atoms with Gasteiger partial charge in [0.2, 0.25) is 5.91 Å². The predicted octanol–water partition coefficient (Wildman–Crippen LogP) is 3.17. The number of carbonyl (C=O) groups excluding carboxylic acids is 1. The number of hydrogen-bond acceptors (Lipinski definition) is 3. The molecule has 0 aliphatic carbocycles. The Hall–Kier alpha value is -2.27. The van der Waals surface area contributed by atoms with Crippen LogP contribution in [-0.2, 0) is 4.79 Å². The third-order valence-electron chi connectivity index (χ3n) is 3.43. The molecule has 0 atom stereocenters. The van der Waals surface area contributed by atoms with Crippen molar-refractivity contribution in [2.75, 3.05) is 12.8 Å². The van der Waals surface area contributed by atoms with E-state index in [0.29, 0.717) is 5.75 Å². The molecule has 0 aliphatic rings. The molecule has 0 radical (unpaired) electrons. The number of aromatic nitrogens is 2. The lowest BCUT2D eigenvalue weighted by molar-refractivity contribution is -0.118. The number of amides is 1. The van der Waals surface area contributed by atoms with Gasteiger partial charge in [-0.05, 0) is 31.2 Å². The summed E-state index contributed by atoms with van der Waals surface area (Å²) in [7, 11) is 1.64. The topological polar surface area (TPSA) is 46.9 Å². The fourth-order valence-corrected chi connectivity index (χ4v) is 3.15. The van der Waals surface area contributed by atoms with Crippen LogP contribution in [0.3, 0.4) is 0 Å². The van der Waals surface area contributed by atoms with Crippen molar-refractivity contribution >= 4 is 28.7 Å². The maximum atomic E-state index is 11.5. The summed E-state index contributed by atoms with van der Waals surface area (Å²) in [6.07, 6.45) is 0. The van der Waals surface area contributed by atoms with E-state index < -0.39 is 0 Å². The average Bonchev–Trinajstić information content (AvgIpc) is 2.92. The van der Waals surface area contributed by atoms with Gasteiger partial charge in [0.15, 0.2) is 5.16 Å². The lowest BCUT2D eigenvalue weighted by Gasteiger charge is -2.09. The molecule has 3 aromatic rings. The zero-order valence-electron chi connectivity index (χ0n) is 12.5. The highest BCUT2D eigenvalue weighted by Gasteiger charge is 2.13. The first kappa shape index (κ1) is 14.7. The SMILES string of the molecule is CNC(=O)CSc1nc2ccccc2n1-c1ccc(C)cc1. The predicted molar refractivity (Wildman–Crippen MR) is 90.6 cm³/mol. The summed E-state index contributed by atoms with van der Waals surface area (Å²) in [5.74, 6) is 0.346. The molecule has 1 heterocycles. The van der Waals surface area contributed by atoms with Crippen LogP contribution in [0.4, 0.5) is 0 Å². The van der Waals surface area contributed by atoms with E-state index in [-0.39, 0.29) is 5.91 Å². The Morgan fingerprint density at radius 3 is 2.64 bits per heavy atom. The van der Waals surface area contributed by atoms with Gasteiger partial charge in [0, 0.05) is 12.7 Å². The van der Waals surface area contributed by atoms with Crippen LogP contribution in [0.2, 0.25) is 0 Å². The van der Waals surface area contributed by atoms with Gasteiger partial charge >= 0.3 is 0 Å². The molecule has 4 nitrogen and oxygen atoms in total. The molecule has 112 valence electrons. The molecule has 0 aliphatic heterocycles. The molecule has 22 heavy (non-hydrogen) atoms. The first-order chi connectivity index (χ1) is 10.7. The fourth-order valence-electron chi connectivity index (χ4n) is 2.25. The molecule has 0 fully saturated rings. The number of carbonyl (C=O) groups is 1. The molecule has 0 saturated carbocycles. The summed E-state index contributed by atoms with van der Waals surface area (Å²) in [4.78, 5) is 16.2. The van der Waals surface area contributed by atoms with Crippen LogP contribution in [0.1, 0.15) is 5.56 Å². The number of nitrogens with one attached hydrogen (secondary N) is 1. The molecule has 0 spiro atoms. The molecular formula is C17H17N3OS. The van der Waals surface area contributed by atoms with E-state index in [4.69, 9.17) is 0 Å². The minimum Gasteiger partial charge on any atom is -0.358 e. The van der Waals surface area contributed by atoms with Crippen LogP contribution < -0.4 is 5.32 Å². The minimum atomic E-state index is -0.00693. The molecule has 1 amide bonds. The van der Waals surface area contributed by atoms with E-state index in [1.54, 1.807) is 7.05 Å². The second kappa shape index (κ2) is 6.23. The lowest BCUT2D eigenvalue weighted by Crippen LogP contribution is -2.20. The van der Waals surface area contributed by atoms with E-state index >= 15 is 0 Å². The summed E-state index contributed by atoms with van der Waals surface area (Å²) in [6, 6.07) is 16.3. The van der Waals surface area contributed by atoms with Gasteiger partial charge in [-0.2, -0.15) is 0 Å². The van der Waals surface area contributed by atoms with Crippen LogP contribution in [0.5, 0.6) is 0 Å². The van der Waals surface area contributed by atoms with E-state index in [2.05, 4.69) is 46.1 Å². The Balaban J connectivity index is 2.08. The van der Waals surface area contributed by atoms with Crippen molar-refractivity contribution < 1.29 is 4.79 Å². The Bertz CT molecular complexity index is 808. The number of fused-ring (bicyclic) bond motifs is 1. The minimum absolute atomic E-state index is 0.00693. The molecule has 2 aromatic carbocycles. The van der Waals surface area contributed by atoms with E-state index in [0.717, 1.165) is 21.9 Å². The second-order valence-corrected chi connectivity index (χ2v) is 5.96. The van der Waals surface area contributed by atoms with E-state index in [1.807, 2.05) is 24.3 Å². The average molecular weight is 311 g/mol. The largest absolute Gasteiger partial charge is 0.358 e. The number of imidazole rings is 1. The van der Waals surface area contributed by atoms with Crippen molar-refractivity contribution in [3.63, 3.8) is 0 Å². The Morgan fingerprint density at radius 1 is 1.18 bits per heavy atom. The van der Waals surface area contributed by atoms with Crippen LogP contribution in [-0.4, -0.2) is 28.3 Å². The van der Waals surface area contributed by atoms with Crippen LogP contribution >= 0.6 is 11.8 Å². The van der Waals surface area contributed by atoms with Crippen LogP contribution in [0.15, 0.2) is 53.7 Å². The molecule has 0 unspecified atom stereocenters. The van der Waals surface area contributed by atoms with Crippen LogP contribution in [0, 0.1) is 6.92 Å². The van der Waals surface area contributed by atoms with Gasteiger partial charge in [-0.1, -0.05) is 41.6 Å². The highest BCUT2D eigenvalue weighted by Crippen LogP contribution is 2.27. The first-order valence-electron chi connectivity index (χ1n) is 7.07. The van der Waals surface area contributed by atoms with Crippen molar-refractivity contribution in [3.05, 3.63) is 54.1 Å². The zero-order valence-corrected chi connectivity index (χ0v) is 13.4. The Morgan fingerprint density at radius 2 is 1.91 bits per heavy atom. The van der Waals surface area contributed by atoms with E-state index in [1.165, 1.54) is 17.3 Å². The Labute approximate surface area is 133 Å². The van der Waals surface area contributed by atoms with Gasteiger partial charge in [-0.25, -0.2) is 4.98 Å². The summed E-state index contributed by atoms with van der Waals surface area (Å²) >= 11 is 1.44. The maximum Gasteiger partial charge on any atom is 0.230 e. The van der Waals surface area contributed by atoms with Crippen molar-refractivity contribution in [1.82, 2.24) is 14.9 Å². The monoisotopic (exact) mass is 311 g/mol. The third kappa shape index (κ3) is 2.85. The second-order valence-electron chi connectivity index (χ2n) is 5.02. The lowest BCUT2D eigenvalue weighted by atomic mass is 10.2. The molecule has 1 aromatic heterocycles. The van der Waals surface area contributed by atoms with E-state index in [9.17, 15) is 4.79 Å². The Kier molecular flexibility index (Phi) is 4.15. The number of nitrogens with zero attached hydrogens (tertiary/aromatic N) is 2. The fraction of sp³-hybridized carbons (Fsp3) is 0.176. The summed E-state index contributed by atoms with van der Waals surface area (Å²) in [5, 5.41) is 3.47. The third-order valence-corrected chi connectivity index (χ3v) is 4.37. The molecule has 5 heteroatoms. The number of rotatable bonds is 4. The first-order valence-corrected chi connectivity index (χ1v) is 8.05. The maximum absolute atomic E-state index is 11.5. The van der Waals surface area contributed by atoms with Crippen LogP contribution in [0.25, 0.3) is 16.7 Å². The zero-order chi connectivity index (χ0) is 15.5. The molecular weight excluding hydrogens is 294 g/mol. The van der Waals surface area contributed by atoms with Crippen molar-refractivity contribution in [2.24, 2.45) is 0 Å². The standard InChI is InChI=1S/C17H17N3OS/c1-12-7-9-13(10-8-12)20-15-6-4-3-5-14(15)19-17(20)22-11-16(21)18-2/h3-10H,11H2,1-2H3,(H,18,21).